The fourth-order valence-electron chi connectivity index (χ4n) is 2.49. The second-order valence-electron chi connectivity index (χ2n) is 4.47. The van der Waals surface area contributed by atoms with Crippen molar-refractivity contribution in [2.75, 3.05) is 25.0 Å². The van der Waals surface area contributed by atoms with Crippen LogP contribution in [-0.4, -0.2) is 31.3 Å². The van der Waals surface area contributed by atoms with Crippen LogP contribution in [0.15, 0.2) is 18.2 Å². The Labute approximate surface area is 97.1 Å². The van der Waals surface area contributed by atoms with E-state index in [1.54, 1.807) is 6.07 Å². The van der Waals surface area contributed by atoms with Gasteiger partial charge in [-0.3, -0.25) is 0 Å². The maximum absolute atomic E-state index is 9.59. The molecule has 0 aromatic heterocycles. The summed E-state index contributed by atoms with van der Waals surface area (Å²) in [5.74, 6) is 0.831. The normalized spacial score (nSPS) is 20.9. The van der Waals surface area contributed by atoms with Crippen LogP contribution >= 0.6 is 0 Å². The van der Waals surface area contributed by atoms with Crippen molar-refractivity contribution in [3.63, 3.8) is 0 Å². The molecular formula is C13H20N2O. The first-order chi connectivity index (χ1) is 7.67. The third-order valence-electron chi connectivity index (χ3n) is 3.61. The first-order valence-corrected chi connectivity index (χ1v) is 5.92. The Kier molecular flexibility index (Phi) is 3.06. The van der Waals surface area contributed by atoms with Crippen molar-refractivity contribution in [2.45, 2.75) is 25.8 Å². The van der Waals surface area contributed by atoms with E-state index in [0.29, 0.717) is 17.7 Å². The molecule has 3 nitrogen and oxygen atoms in total. The number of phenols is 1. The molecule has 2 unspecified atom stereocenters. The molecule has 0 amide bonds. The zero-order valence-corrected chi connectivity index (χ0v) is 10.2. The molecule has 3 heteroatoms. The van der Waals surface area contributed by atoms with E-state index < -0.39 is 0 Å². The van der Waals surface area contributed by atoms with Crippen LogP contribution in [0.3, 0.4) is 0 Å². The zero-order valence-electron chi connectivity index (χ0n) is 10.2. The molecule has 1 aliphatic heterocycles. The number of likely N-dealkylation sites (N-methyl/N-ethyl adjacent to an activating group) is 2. The number of fused-ring (bicyclic) bond motifs is 1. The van der Waals surface area contributed by atoms with Crippen molar-refractivity contribution in [1.29, 1.82) is 0 Å². The number of hydrogen-bond donors (Lipinski definition) is 2. The van der Waals surface area contributed by atoms with Crippen LogP contribution in [0.1, 0.15) is 25.3 Å². The summed E-state index contributed by atoms with van der Waals surface area (Å²) >= 11 is 0. The van der Waals surface area contributed by atoms with E-state index in [9.17, 15) is 5.11 Å². The predicted octanol–water partition coefficient (Wildman–Crippen LogP) is 1.92. The molecule has 1 aliphatic rings. The Morgan fingerprint density at radius 2 is 2.31 bits per heavy atom. The van der Waals surface area contributed by atoms with Crippen molar-refractivity contribution in [2.24, 2.45) is 0 Å². The summed E-state index contributed by atoms with van der Waals surface area (Å²) in [5, 5.41) is 12.9. The van der Waals surface area contributed by atoms with Gasteiger partial charge in [0.25, 0.3) is 0 Å². The molecule has 0 bridgehead atoms. The third kappa shape index (κ3) is 1.76. The van der Waals surface area contributed by atoms with Crippen LogP contribution < -0.4 is 10.2 Å². The van der Waals surface area contributed by atoms with Crippen LogP contribution in [0.25, 0.3) is 0 Å². The molecule has 0 saturated carbocycles. The number of phenolic OH excluding ortho intramolecular Hbond substituents is 1. The van der Waals surface area contributed by atoms with E-state index in [-0.39, 0.29) is 0 Å². The van der Waals surface area contributed by atoms with Crippen molar-refractivity contribution in [3.8, 4) is 5.75 Å². The van der Waals surface area contributed by atoms with E-state index in [0.717, 1.165) is 13.1 Å². The van der Waals surface area contributed by atoms with Gasteiger partial charge in [-0.05, 0) is 44.7 Å². The highest BCUT2D eigenvalue weighted by molar-refractivity contribution is 5.62. The molecule has 0 saturated heterocycles. The minimum atomic E-state index is 0.366. The number of nitrogens with one attached hydrogen (secondary N) is 1. The number of anilines is 1. The molecule has 0 aliphatic carbocycles. The van der Waals surface area contributed by atoms with Gasteiger partial charge in [-0.1, -0.05) is 0 Å². The van der Waals surface area contributed by atoms with E-state index in [1.807, 2.05) is 19.2 Å². The topological polar surface area (TPSA) is 35.5 Å². The molecule has 0 radical (unpaired) electrons. The average Bonchev–Trinajstić information content (AvgIpc) is 2.66. The lowest BCUT2D eigenvalue weighted by Gasteiger charge is -2.20. The van der Waals surface area contributed by atoms with Crippen molar-refractivity contribution >= 4 is 5.69 Å². The summed E-state index contributed by atoms with van der Waals surface area (Å²) in [6, 6.07) is 6.13. The van der Waals surface area contributed by atoms with Gasteiger partial charge in [0, 0.05) is 30.7 Å². The maximum atomic E-state index is 9.59. The molecule has 0 fully saturated rings. The van der Waals surface area contributed by atoms with Gasteiger partial charge in [-0.2, -0.15) is 0 Å². The molecule has 2 N–H and O–H groups in total. The average molecular weight is 220 g/mol. The van der Waals surface area contributed by atoms with Gasteiger partial charge in [0.05, 0.1) is 0 Å². The third-order valence-corrected chi connectivity index (χ3v) is 3.61. The van der Waals surface area contributed by atoms with Crippen LogP contribution in [0.2, 0.25) is 0 Å². The molecule has 88 valence electrons. The van der Waals surface area contributed by atoms with Gasteiger partial charge in [-0.25, -0.2) is 0 Å². The lowest BCUT2D eigenvalue weighted by atomic mass is 9.94. The molecule has 0 spiro atoms. The second-order valence-corrected chi connectivity index (χ2v) is 4.47. The summed E-state index contributed by atoms with van der Waals surface area (Å²) in [7, 11) is 1.99. The van der Waals surface area contributed by atoms with Gasteiger partial charge >= 0.3 is 0 Å². The standard InChI is InChI=1S/C13H20N2O/c1-4-15-8-12(9(2)14-3)11-7-10(16)5-6-13(11)15/h5-7,9,12,14,16H,4,8H2,1-3H3. The number of nitrogens with zero attached hydrogens (tertiary/aromatic N) is 1. The Hall–Kier alpha value is -1.22. The summed E-state index contributed by atoms with van der Waals surface area (Å²) < 4.78 is 0. The fourth-order valence-corrected chi connectivity index (χ4v) is 2.49. The lowest BCUT2D eigenvalue weighted by Crippen LogP contribution is -2.32. The molecule has 1 heterocycles. The minimum absolute atomic E-state index is 0.366. The van der Waals surface area contributed by atoms with Crippen LogP contribution in [0.4, 0.5) is 5.69 Å². The van der Waals surface area contributed by atoms with Gasteiger partial charge in [0.2, 0.25) is 0 Å². The Morgan fingerprint density at radius 1 is 1.56 bits per heavy atom. The number of aromatic hydroxyl groups is 1. The fraction of sp³-hybridized carbons (Fsp3) is 0.538. The SMILES string of the molecule is CCN1CC(C(C)NC)c2cc(O)ccc21. The highest BCUT2D eigenvalue weighted by atomic mass is 16.3. The summed E-state index contributed by atoms with van der Waals surface area (Å²) in [6.07, 6.45) is 0. The highest BCUT2D eigenvalue weighted by Crippen LogP contribution is 2.39. The maximum Gasteiger partial charge on any atom is 0.116 e. The van der Waals surface area contributed by atoms with Crippen molar-refractivity contribution < 1.29 is 5.11 Å². The summed E-state index contributed by atoms with van der Waals surface area (Å²) in [4.78, 5) is 2.37. The summed E-state index contributed by atoms with van der Waals surface area (Å²) in [5.41, 5.74) is 2.54. The van der Waals surface area contributed by atoms with E-state index in [2.05, 4.69) is 24.1 Å². The minimum Gasteiger partial charge on any atom is -0.508 e. The van der Waals surface area contributed by atoms with E-state index >= 15 is 0 Å². The van der Waals surface area contributed by atoms with Crippen molar-refractivity contribution in [1.82, 2.24) is 5.32 Å². The van der Waals surface area contributed by atoms with E-state index in [4.69, 9.17) is 0 Å². The van der Waals surface area contributed by atoms with Gasteiger partial charge in [0.1, 0.15) is 5.75 Å². The first kappa shape index (κ1) is 11.3. The number of rotatable bonds is 3. The first-order valence-electron chi connectivity index (χ1n) is 5.92. The van der Waals surface area contributed by atoms with Crippen molar-refractivity contribution in [3.05, 3.63) is 23.8 Å². The highest BCUT2D eigenvalue weighted by Gasteiger charge is 2.31. The quantitative estimate of drug-likeness (QED) is 0.817. The molecule has 1 aromatic carbocycles. The Bertz CT molecular complexity index is 378. The van der Waals surface area contributed by atoms with Gasteiger partial charge < -0.3 is 15.3 Å². The smallest absolute Gasteiger partial charge is 0.116 e. The van der Waals surface area contributed by atoms with Crippen LogP contribution in [0, 0.1) is 0 Å². The lowest BCUT2D eigenvalue weighted by molar-refractivity contribution is 0.471. The molecule has 16 heavy (non-hydrogen) atoms. The Morgan fingerprint density at radius 3 is 2.94 bits per heavy atom. The van der Waals surface area contributed by atoms with Crippen LogP contribution in [-0.2, 0) is 0 Å². The van der Waals surface area contributed by atoms with Gasteiger partial charge in [-0.15, -0.1) is 0 Å². The monoisotopic (exact) mass is 220 g/mol. The summed E-state index contributed by atoms with van der Waals surface area (Å²) in [6.45, 7) is 6.42. The zero-order chi connectivity index (χ0) is 11.7. The molecule has 2 rings (SSSR count). The number of benzene rings is 1. The largest absolute Gasteiger partial charge is 0.508 e. The molecular weight excluding hydrogens is 200 g/mol. The molecule has 1 aromatic rings. The van der Waals surface area contributed by atoms with Gasteiger partial charge in [0.15, 0.2) is 0 Å². The van der Waals surface area contributed by atoms with E-state index in [1.165, 1.54) is 11.3 Å². The number of hydrogen-bond acceptors (Lipinski definition) is 3. The second kappa shape index (κ2) is 4.34. The predicted molar refractivity (Wildman–Crippen MR) is 67.3 cm³/mol. The van der Waals surface area contributed by atoms with Crippen LogP contribution in [0.5, 0.6) is 5.75 Å². The Balaban J connectivity index is 2.39. The molecule has 2 atom stereocenters.